The molecular formula is C13H11BrCl2N2O. The summed E-state index contributed by atoms with van der Waals surface area (Å²) in [5.41, 5.74) is 1.41. The number of rotatable bonds is 3. The standard InChI is InChI=1S/C13H11BrCl2N2O/c1-18(7-8-4-2-3-5-9(8)14)13(19)11-6-10(15)12(16)17-11/h2-6,17H,7H2,1H3. The number of nitrogens with one attached hydrogen (secondary N) is 1. The number of H-pyrrole nitrogens is 1. The monoisotopic (exact) mass is 360 g/mol. The lowest BCUT2D eigenvalue weighted by molar-refractivity contribution is 0.0780. The smallest absolute Gasteiger partial charge is 0.270 e. The summed E-state index contributed by atoms with van der Waals surface area (Å²) < 4.78 is 0.970. The minimum absolute atomic E-state index is 0.162. The van der Waals surface area contributed by atoms with Crippen LogP contribution in [-0.2, 0) is 6.54 Å². The first kappa shape index (κ1) is 14.4. The van der Waals surface area contributed by atoms with Crippen molar-refractivity contribution in [3.8, 4) is 0 Å². The third kappa shape index (κ3) is 3.32. The Morgan fingerprint density at radius 2 is 2.05 bits per heavy atom. The Labute approximate surface area is 129 Å². The van der Waals surface area contributed by atoms with E-state index in [2.05, 4.69) is 20.9 Å². The molecule has 0 fully saturated rings. The van der Waals surface area contributed by atoms with Crippen LogP contribution in [0.2, 0.25) is 10.2 Å². The molecule has 0 aliphatic carbocycles. The predicted octanol–water partition coefficient (Wildman–Crippen LogP) is 4.36. The zero-order valence-corrected chi connectivity index (χ0v) is 13.2. The van der Waals surface area contributed by atoms with Crippen molar-refractivity contribution in [2.45, 2.75) is 6.54 Å². The van der Waals surface area contributed by atoms with Crippen LogP contribution in [0.4, 0.5) is 0 Å². The number of carbonyl (C=O) groups is 1. The van der Waals surface area contributed by atoms with Crippen molar-refractivity contribution < 1.29 is 4.79 Å². The van der Waals surface area contributed by atoms with E-state index in [0.717, 1.165) is 10.0 Å². The summed E-state index contributed by atoms with van der Waals surface area (Å²) in [6.07, 6.45) is 0. The summed E-state index contributed by atoms with van der Waals surface area (Å²) in [6, 6.07) is 9.29. The maximum absolute atomic E-state index is 12.2. The minimum atomic E-state index is -0.162. The summed E-state index contributed by atoms with van der Waals surface area (Å²) in [6.45, 7) is 0.495. The molecule has 1 amide bonds. The van der Waals surface area contributed by atoms with E-state index < -0.39 is 0 Å². The Balaban J connectivity index is 2.14. The summed E-state index contributed by atoms with van der Waals surface area (Å²) >= 11 is 15.1. The van der Waals surface area contributed by atoms with Gasteiger partial charge in [0.15, 0.2) is 0 Å². The lowest BCUT2D eigenvalue weighted by Gasteiger charge is -2.17. The van der Waals surface area contributed by atoms with Gasteiger partial charge in [-0.1, -0.05) is 57.3 Å². The van der Waals surface area contributed by atoms with Gasteiger partial charge in [0.25, 0.3) is 5.91 Å². The van der Waals surface area contributed by atoms with Crippen LogP contribution in [0.25, 0.3) is 0 Å². The molecule has 0 aliphatic heterocycles. The number of aromatic amines is 1. The molecule has 1 heterocycles. The third-order valence-electron chi connectivity index (χ3n) is 2.67. The maximum atomic E-state index is 12.2. The fraction of sp³-hybridized carbons (Fsp3) is 0.154. The molecule has 0 bridgehead atoms. The molecule has 0 radical (unpaired) electrons. The quantitative estimate of drug-likeness (QED) is 0.866. The van der Waals surface area contributed by atoms with Gasteiger partial charge in [-0.2, -0.15) is 0 Å². The second-order valence-corrected chi connectivity index (χ2v) is 5.74. The van der Waals surface area contributed by atoms with Crippen LogP contribution in [-0.4, -0.2) is 22.8 Å². The Kier molecular flexibility index (Phi) is 4.55. The van der Waals surface area contributed by atoms with E-state index in [0.29, 0.717) is 17.3 Å². The number of aromatic nitrogens is 1. The van der Waals surface area contributed by atoms with E-state index in [9.17, 15) is 4.79 Å². The normalized spacial score (nSPS) is 10.5. The molecule has 2 rings (SSSR count). The molecule has 0 spiro atoms. The molecule has 0 atom stereocenters. The van der Waals surface area contributed by atoms with Crippen LogP contribution in [0.1, 0.15) is 16.1 Å². The highest BCUT2D eigenvalue weighted by atomic mass is 79.9. The molecule has 0 unspecified atom stereocenters. The summed E-state index contributed by atoms with van der Waals surface area (Å²) in [5, 5.41) is 0.624. The molecule has 3 nitrogen and oxygen atoms in total. The maximum Gasteiger partial charge on any atom is 0.270 e. The molecule has 1 N–H and O–H groups in total. The summed E-state index contributed by atoms with van der Waals surface area (Å²) in [7, 11) is 1.73. The van der Waals surface area contributed by atoms with Gasteiger partial charge in [0.05, 0.1) is 5.02 Å². The van der Waals surface area contributed by atoms with E-state index >= 15 is 0 Å². The first-order chi connectivity index (χ1) is 8.99. The molecule has 1 aromatic carbocycles. The SMILES string of the molecule is CN(Cc1ccccc1Br)C(=O)c1cc(Cl)c(Cl)[nH]1. The fourth-order valence-electron chi connectivity index (χ4n) is 1.68. The Morgan fingerprint density at radius 3 is 2.63 bits per heavy atom. The Morgan fingerprint density at radius 1 is 1.37 bits per heavy atom. The number of halogens is 3. The van der Waals surface area contributed by atoms with Gasteiger partial charge in [0.1, 0.15) is 10.8 Å². The van der Waals surface area contributed by atoms with Crippen molar-refractivity contribution in [1.29, 1.82) is 0 Å². The number of amides is 1. The third-order valence-corrected chi connectivity index (χ3v) is 4.13. The van der Waals surface area contributed by atoms with Gasteiger partial charge in [-0.25, -0.2) is 0 Å². The van der Waals surface area contributed by atoms with E-state index in [4.69, 9.17) is 23.2 Å². The minimum Gasteiger partial charge on any atom is -0.340 e. The van der Waals surface area contributed by atoms with E-state index in [-0.39, 0.29) is 11.1 Å². The zero-order valence-electron chi connectivity index (χ0n) is 10.1. The highest BCUT2D eigenvalue weighted by molar-refractivity contribution is 9.10. The summed E-state index contributed by atoms with van der Waals surface area (Å²) in [4.78, 5) is 16.5. The van der Waals surface area contributed by atoms with E-state index in [1.807, 2.05) is 24.3 Å². The highest BCUT2D eigenvalue weighted by Gasteiger charge is 2.16. The van der Waals surface area contributed by atoms with Crippen LogP contribution in [0.3, 0.4) is 0 Å². The molecule has 0 saturated heterocycles. The first-order valence-electron chi connectivity index (χ1n) is 5.52. The van der Waals surface area contributed by atoms with Gasteiger partial charge < -0.3 is 9.88 Å². The predicted molar refractivity (Wildman–Crippen MR) is 80.8 cm³/mol. The number of carbonyl (C=O) groups excluding carboxylic acids is 1. The van der Waals surface area contributed by atoms with Crippen molar-refractivity contribution in [3.63, 3.8) is 0 Å². The lowest BCUT2D eigenvalue weighted by atomic mass is 10.2. The Hall–Kier alpha value is -0.970. The fourth-order valence-corrected chi connectivity index (χ4v) is 2.40. The van der Waals surface area contributed by atoms with Crippen LogP contribution in [0.5, 0.6) is 0 Å². The molecule has 2 aromatic rings. The van der Waals surface area contributed by atoms with Crippen LogP contribution in [0.15, 0.2) is 34.8 Å². The van der Waals surface area contributed by atoms with E-state index in [1.165, 1.54) is 6.07 Å². The molecule has 6 heteroatoms. The van der Waals surface area contributed by atoms with Crippen LogP contribution in [0, 0.1) is 0 Å². The van der Waals surface area contributed by atoms with Crippen molar-refractivity contribution in [1.82, 2.24) is 9.88 Å². The number of hydrogen-bond donors (Lipinski definition) is 1. The second kappa shape index (κ2) is 5.99. The van der Waals surface area contributed by atoms with Crippen LogP contribution >= 0.6 is 39.1 Å². The van der Waals surface area contributed by atoms with E-state index in [1.54, 1.807) is 11.9 Å². The van der Waals surface area contributed by atoms with Crippen molar-refractivity contribution in [2.75, 3.05) is 7.05 Å². The first-order valence-corrected chi connectivity index (χ1v) is 7.07. The lowest BCUT2D eigenvalue weighted by Crippen LogP contribution is -2.26. The molecule has 100 valence electrons. The van der Waals surface area contributed by atoms with Gasteiger partial charge in [-0.3, -0.25) is 4.79 Å². The van der Waals surface area contributed by atoms with Crippen molar-refractivity contribution in [3.05, 3.63) is 56.2 Å². The van der Waals surface area contributed by atoms with Crippen LogP contribution < -0.4 is 0 Å². The van der Waals surface area contributed by atoms with Crippen molar-refractivity contribution in [2.24, 2.45) is 0 Å². The average Bonchev–Trinajstić information content (AvgIpc) is 2.71. The molecular weight excluding hydrogens is 351 g/mol. The molecule has 1 aromatic heterocycles. The molecule has 0 saturated carbocycles. The van der Waals surface area contributed by atoms with Gasteiger partial charge in [-0.15, -0.1) is 0 Å². The summed E-state index contributed by atoms with van der Waals surface area (Å²) in [5.74, 6) is -0.162. The Bertz CT molecular complexity index is 593. The zero-order chi connectivity index (χ0) is 14.0. The van der Waals surface area contributed by atoms with Crippen molar-refractivity contribution >= 4 is 45.0 Å². The highest BCUT2D eigenvalue weighted by Crippen LogP contribution is 2.23. The van der Waals surface area contributed by atoms with Gasteiger partial charge in [0.2, 0.25) is 0 Å². The molecule has 19 heavy (non-hydrogen) atoms. The second-order valence-electron chi connectivity index (χ2n) is 4.10. The largest absolute Gasteiger partial charge is 0.340 e. The number of nitrogens with zero attached hydrogens (tertiary/aromatic N) is 1. The number of hydrogen-bond acceptors (Lipinski definition) is 1. The average molecular weight is 362 g/mol. The van der Waals surface area contributed by atoms with Gasteiger partial charge in [0, 0.05) is 18.1 Å². The van der Waals surface area contributed by atoms with Gasteiger partial charge in [-0.05, 0) is 17.7 Å². The topological polar surface area (TPSA) is 36.1 Å². The van der Waals surface area contributed by atoms with Gasteiger partial charge >= 0.3 is 0 Å². The number of benzene rings is 1. The molecule has 0 aliphatic rings.